The number of halogens is 2. The summed E-state index contributed by atoms with van der Waals surface area (Å²) >= 11 is 5.82. The summed E-state index contributed by atoms with van der Waals surface area (Å²) in [6, 6.07) is 4.16. The first-order chi connectivity index (χ1) is 8.61. The molecule has 0 amide bonds. The van der Waals surface area contributed by atoms with Crippen molar-refractivity contribution >= 4 is 11.6 Å². The highest BCUT2D eigenvalue weighted by Gasteiger charge is 2.15. The van der Waals surface area contributed by atoms with Crippen molar-refractivity contribution in [3.8, 4) is 5.69 Å². The molecule has 0 spiro atoms. The van der Waals surface area contributed by atoms with Crippen LogP contribution in [0.25, 0.3) is 5.69 Å². The topological polar surface area (TPSA) is 55.6 Å². The summed E-state index contributed by atoms with van der Waals surface area (Å²) in [5, 5.41) is 14.9. The SMILES string of the molecule is CCNC(C)c1nnnn1-c1cc(F)cc(Cl)c1. The fourth-order valence-electron chi connectivity index (χ4n) is 1.71. The molecule has 2 rings (SSSR count). The Morgan fingerprint density at radius 1 is 1.44 bits per heavy atom. The van der Waals surface area contributed by atoms with Crippen molar-refractivity contribution in [2.24, 2.45) is 0 Å². The molecule has 0 aliphatic rings. The first-order valence-corrected chi connectivity index (χ1v) is 5.97. The van der Waals surface area contributed by atoms with Crippen LogP contribution in [0.4, 0.5) is 4.39 Å². The van der Waals surface area contributed by atoms with E-state index in [2.05, 4.69) is 20.8 Å². The lowest BCUT2D eigenvalue weighted by atomic mass is 10.2. The molecule has 1 aromatic heterocycles. The highest BCUT2D eigenvalue weighted by atomic mass is 35.5. The maximum absolute atomic E-state index is 13.3. The minimum atomic E-state index is -0.421. The molecule has 2 aromatic rings. The lowest BCUT2D eigenvalue weighted by molar-refractivity contribution is 0.549. The van der Waals surface area contributed by atoms with Crippen LogP contribution in [0, 0.1) is 5.82 Å². The van der Waals surface area contributed by atoms with E-state index in [4.69, 9.17) is 11.6 Å². The average Bonchev–Trinajstić information content (AvgIpc) is 2.76. The van der Waals surface area contributed by atoms with Gasteiger partial charge in [0.25, 0.3) is 0 Å². The van der Waals surface area contributed by atoms with Gasteiger partial charge in [-0.2, -0.15) is 4.68 Å². The van der Waals surface area contributed by atoms with Crippen molar-refractivity contribution in [3.05, 3.63) is 34.9 Å². The highest BCUT2D eigenvalue weighted by Crippen LogP contribution is 2.19. The zero-order valence-electron chi connectivity index (χ0n) is 10.1. The molecule has 0 saturated carbocycles. The standard InChI is InChI=1S/C11H13ClFN5/c1-3-14-7(2)11-15-16-17-18(11)10-5-8(12)4-9(13)6-10/h4-7,14H,3H2,1-2H3. The minimum absolute atomic E-state index is 0.0351. The van der Waals surface area contributed by atoms with Gasteiger partial charge in [0.1, 0.15) is 5.82 Å². The van der Waals surface area contributed by atoms with E-state index in [1.807, 2.05) is 13.8 Å². The Kier molecular flexibility index (Phi) is 3.88. The third-order valence-corrected chi connectivity index (χ3v) is 2.70. The summed E-state index contributed by atoms with van der Waals surface area (Å²) in [5.74, 6) is 0.188. The second-order valence-electron chi connectivity index (χ2n) is 3.86. The van der Waals surface area contributed by atoms with Gasteiger partial charge in [0.15, 0.2) is 5.82 Å². The smallest absolute Gasteiger partial charge is 0.173 e. The van der Waals surface area contributed by atoms with Gasteiger partial charge in [-0.1, -0.05) is 18.5 Å². The molecule has 0 saturated heterocycles. The van der Waals surface area contributed by atoms with Crippen molar-refractivity contribution in [3.63, 3.8) is 0 Å². The molecule has 96 valence electrons. The Bertz CT molecular complexity index is 522. The molecule has 0 radical (unpaired) electrons. The van der Waals surface area contributed by atoms with Crippen molar-refractivity contribution in [2.75, 3.05) is 6.54 Å². The number of tetrazole rings is 1. The maximum atomic E-state index is 13.3. The van der Waals surface area contributed by atoms with Gasteiger partial charge in [-0.25, -0.2) is 4.39 Å². The van der Waals surface area contributed by atoms with E-state index in [0.29, 0.717) is 16.5 Å². The molecular formula is C11H13ClFN5. The van der Waals surface area contributed by atoms with Gasteiger partial charge >= 0.3 is 0 Å². The second kappa shape index (κ2) is 5.41. The lowest BCUT2D eigenvalue weighted by Gasteiger charge is -2.12. The number of hydrogen-bond donors (Lipinski definition) is 1. The van der Waals surface area contributed by atoms with Gasteiger partial charge in [0, 0.05) is 5.02 Å². The predicted octanol–water partition coefficient (Wildman–Crippen LogP) is 2.13. The number of hydrogen-bond acceptors (Lipinski definition) is 4. The number of aromatic nitrogens is 4. The molecule has 0 fully saturated rings. The maximum Gasteiger partial charge on any atom is 0.173 e. The molecular weight excluding hydrogens is 257 g/mol. The second-order valence-corrected chi connectivity index (χ2v) is 4.29. The van der Waals surface area contributed by atoms with Gasteiger partial charge in [0.2, 0.25) is 0 Å². The summed E-state index contributed by atoms with van der Waals surface area (Å²) in [6.45, 7) is 4.72. The normalized spacial score (nSPS) is 12.7. The van der Waals surface area contributed by atoms with Crippen LogP contribution in [0.5, 0.6) is 0 Å². The molecule has 0 aliphatic heterocycles. The highest BCUT2D eigenvalue weighted by molar-refractivity contribution is 6.30. The van der Waals surface area contributed by atoms with Crippen molar-refractivity contribution in [1.29, 1.82) is 0 Å². The Morgan fingerprint density at radius 3 is 2.89 bits per heavy atom. The molecule has 1 unspecified atom stereocenters. The molecule has 1 heterocycles. The average molecular weight is 270 g/mol. The van der Waals surface area contributed by atoms with Gasteiger partial charge in [0.05, 0.1) is 11.7 Å². The zero-order valence-corrected chi connectivity index (χ0v) is 10.8. The van der Waals surface area contributed by atoms with E-state index in [1.165, 1.54) is 16.8 Å². The van der Waals surface area contributed by atoms with Crippen LogP contribution in [-0.2, 0) is 0 Å². The van der Waals surface area contributed by atoms with Crippen molar-refractivity contribution < 1.29 is 4.39 Å². The predicted molar refractivity (Wildman–Crippen MR) is 66.2 cm³/mol. The molecule has 0 aliphatic carbocycles. The molecule has 18 heavy (non-hydrogen) atoms. The van der Waals surface area contributed by atoms with Gasteiger partial charge < -0.3 is 5.32 Å². The first-order valence-electron chi connectivity index (χ1n) is 5.60. The van der Waals surface area contributed by atoms with Crippen LogP contribution in [0.3, 0.4) is 0 Å². The Balaban J connectivity index is 2.42. The largest absolute Gasteiger partial charge is 0.308 e. The molecule has 1 N–H and O–H groups in total. The minimum Gasteiger partial charge on any atom is -0.308 e. The Hall–Kier alpha value is -1.53. The van der Waals surface area contributed by atoms with Crippen LogP contribution >= 0.6 is 11.6 Å². The zero-order chi connectivity index (χ0) is 13.1. The Labute approximate surface area is 109 Å². The molecule has 5 nitrogen and oxygen atoms in total. The fourth-order valence-corrected chi connectivity index (χ4v) is 1.92. The van der Waals surface area contributed by atoms with E-state index >= 15 is 0 Å². The summed E-state index contributed by atoms with van der Waals surface area (Å²) in [6.07, 6.45) is 0. The summed E-state index contributed by atoms with van der Waals surface area (Å²) < 4.78 is 14.8. The fraction of sp³-hybridized carbons (Fsp3) is 0.364. The monoisotopic (exact) mass is 269 g/mol. The van der Waals surface area contributed by atoms with Crippen LogP contribution in [0.15, 0.2) is 18.2 Å². The molecule has 7 heteroatoms. The van der Waals surface area contributed by atoms with Crippen LogP contribution in [0.1, 0.15) is 25.7 Å². The van der Waals surface area contributed by atoms with E-state index in [9.17, 15) is 4.39 Å². The third kappa shape index (κ3) is 2.65. The molecule has 1 aromatic carbocycles. The van der Waals surface area contributed by atoms with E-state index in [-0.39, 0.29) is 6.04 Å². The number of benzene rings is 1. The third-order valence-electron chi connectivity index (χ3n) is 2.48. The molecule has 0 bridgehead atoms. The van der Waals surface area contributed by atoms with Gasteiger partial charge in [-0.05, 0) is 42.1 Å². The Morgan fingerprint density at radius 2 is 2.22 bits per heavy atom. The number of nitrogens with zero attached hydrogens (tertiary/aromatic N) is 4. The van der Waals surface area contributed by atoms with Crippen molar-refractivity contribution in [2.45, 2.75) is 19.9 Å². The van der Waals surface area contributed by atoms with Crippen molar-refractivity contribution in [1.82, 2.24) is 25.5 Å². The summed E-state index contributed by atoms with van der Waals surface area (Å²) in [4.78, 5) is 0. The van der Waals surface area contributed by atoms with Crippen LogP contribution < -0.4 is 5.32 Å². The van der Waals surface area contributed by atoms with Crippen LogP contribution in [-0.4, -0.2) is 26.8 Å². The van der Waals surface area contributed by atoms with E-state index in [0.717, 1.165) is 6.54 Å². The number of rotatable bonds is 4. The van der Waals surface area contributed by atoms with Crippen LogP contribution in [0.2, 0.25) is 5.02 Å². The molecule has 1 atom stereocenters. The van der Waals surface area contributed by atoms with E-state index in [1.54, 1.807) is 6.07 Å². The lowest BCUT2D eigenvalue weighted by Crippen LogP contribution is -2.21. The quantitative estimate of drug-likeness (QED) is 0.924. The first kappa shape index (κ1) is 12.9. The number of nitrogens with one attached hydrogen (secondary N) is 1. The summed E-state index contributed by atoms with van der Waals surface area (Å²) in [7, 11) is 0. The van der Waals surface area contributed by atoms with Gasteiger partial charge in [-0.3, -0.25) is 0 Å². The van der Waals surface area contributed by atoms with E-state index < -0.39 is 5.82 Å². The summed E-state index contributed by atoms with van der Waals surface area (Å²) in [5.41, 5.74) is 0.504. The van der Waals surface area contributed by atoms with Gasteiger partial charge in [-0.15, -0.1) is 5.10 Å².